The molecule has 2 saturated heterocycles. The number of hydrogen-bond acceptors (Lipinski definition) is 4. The van der Waals surface area contributed by atoms with Gasteiger partial charge in [-0.2, -0.15) is 8.78 Å². The Kier molecular flexibility index (Phi) is 8.31. The van der Waals surface area contributed by atoms with Crippen LogP contribution in [0.15, 0.2) is 18.2 Å². The third-order valence-electron chi connectivity index (χ3n) is 5.40. The second kappa shape index (κ2) is 10.3. The molecule has 5 nitrogen and oxygen atoms in total. The van der Waals surface area contributed by atoms with Crippen molar-refractivity contribution in [2.75, 3.05) is 13.7 Å². The number of nitrogens with zero attached hydrogens (tertiary/aromatic N) is 1. The highest BCUT2D eigenvalue weighted by molar-refractivity contribution is 5.85. The molecule has 0 aliphatic carbocycles. The van der Waals surface area contributed by atoms with Gasteiger partial charge in [0.25, 0.3) is 0 Å². The van der Waals surface area contributed by atoms with Crippen LogP contribution in [0.5, 0.6) is 11.5 Å². The maximum atomic E-state index is 12.6. The number of rotatable bonds is 8. The average Bonchev–Trinajstić information content (AvgIpc) is 2.95. The zero-order valence-electron chi connectivity index (χ0n) is 16.3. The summed E-state index contributed by atoms with van der Waals surface area (Å²) >= 11 is 0. The Morgan fingerprint density at radius 1 is 1.25 bits per heavy atom. The number of fused-ring (bicyclic) bond motifs is 2. The fraction of sp³-hybridized carbons (Fsp3) is 0.650. The number of piperidine rings is 1. The number of nitrogens with one attached hydrogen (secondary N) is 1. The first-order chi connectivity index (χ1) is 12.9. The summed E-state index contributed by atoms with van der Waals surface area (Å²) in [5.74, 6) is 0.840. The number of carbonyl (C=O) groups excluding carboxylic acids is 1. The lowest BCUT2D eigenvalue weighted by molar-refractivity contribution is -0.131. The van der Waals surface area contributed by atoms with Crippen LogP contribution < -0.4 is 14.8 Å². The van der Waals surface area contributed by atoms with Crippen LogP contribution in [0.2, 0.25) is 0 Å². The molecule has 8 heteroatoms. The summed E-state index contributed by atoms with van der Waals surface area (Å²) in [7, 11) is 1.78. The van der Waals surface area contributed by atoms with Crippen LogP contribution in [0.4, 0.5) is 8.78 Å². The molecule has 1 N–H and O–H groups in total. The number of carbonyl (C=O) groups is 1. The molecular formula is C20H29ClF2N2O3. The quantitative estimate of drug-likeness (QED) is 0.693. The van der Waals surface area contributed by atoms with Crippen molar-refractivity contribution in [2.24, 2.45) is 5.92 Å². The van der Waals surface area contributed by atoms with Crippen molar-refractivity contribution in [1.29, 1.82) is 0 Å². The Bertz CT molecular complexity index is 650. The Morgan fingerprint density at radius 2 is 1.93 bits per heavy atom. The fourth-order valence-electron chi connectivity index (χ4n) is 4.22. The lowest BCUT2D eigenvalue weighted by atomic mass is 9.89. The summed E-state index contributed by atoms with van der Waals surface area (Å²) in [6.45, 7) is -0.373. The summed E-state index contributed by atoms with van der Waals surface area (Å²) in [6, 6.07) is 5.96. The minimum absolute atomic E-state index is 0. The molecule has 2 bridgehead atoms. The molecule has 2 aliphatic rings. The number of benzene rings is 1. The van der Waals surface area contributed by atoms with Crippen molar-refractivity contribution in [3.63, 3.8) is 0 Å². The van der Waals surface area contributed by atoms with E-state index in [1.165, 1.54) is 18.9 Å². The molecule has 0 aromatic heterocycles. The van der Waals surface area contributed by atoms with E-state index >= 15 is 0 Å². The van der Waals surface area contributed by atoms with Crippen LogP contribution in [0, 0.1) is 5.92 Å². The average molecular weight is 419 g/mol. The van der Waals surface area contributed by atoms with Crippen LogP contribution in [0.25, 0.3) is 0 Å². The van der Waals surface area contributed by atoms with E-state index < -0.39 is 6.61 Å². The highest BCUT2D eigenvalue weighted by Crippen LogP contribution is 2.33. The molecular weight excluding hydrogens is 390 g/mol. The summed E-state index contributed by atoms with van der Waals surface area (Å²) in [5.41, 5.74) is 0.821. The van der Waals surface area contributed by atoms with E-state index in [9.17, 15) is 13.6 Å². The minimum atomic E-state index is -2.90. The largest absolute Gasteiger partial charge is 0.490 e. The normalized spacial score (nSPS) is 23.2. The minimum Gasteiger partial charge on any atom is -0.490 e. The number of amides is 1. The maximum Gasteiger partial charge on any atom is 0.387 e. The second-order valence-corrected chi connectivity index (χ2v) is 7.52. The predicted molar refractivity (Wildman–Crippen MR) is 105 cm³/mol. The fourth-order valence-corrected chi connectivity index (χ4v) is 4.22. The van der Waals surface area contributed by atoms with Gasteiger partial charge in [0, 0.05) is 32.1 Å². The molecule has 1 aromatic rings. The molecule has 28 heavy (non-hydrogen) atoms. The molecule has 1 amide bonds. The zero-order valence-corrected chi connectivity index (χ0v) is 17.1. The summed E-state index contributed by atoms with van der Waals surface area (Å²) < 4.78 is 34.9. The van der Waals surface area contributed by atoms with Crippen molar-refractivity contribution in [1.82, 2.24) is 10.2 Å². The van der Waals surface area contributed by atoms with E-state index in [0.717, 1.165) is 18.4 Å². The van der Waals surface area contributed by atoms with Crippen molar-refractivity contribution in [3.8, 4) is 11.5 Å². The van der Waals surface area contributed by atoms with Gasteiger partial charge in [0.1, 0.15) is 0 Å². The third kappa shape index (κ3) is 5.95. The predicted octanol–water partition coefficient (Wildman–Crippen LogP) is 3.99. The van der Waals surface area contributed by atoms with E-state index in [1.54, 1.807) is 31.0 Å². The summed E-state index contributed by atoms with van der Waals surface area (Å²) in [5, 5.41) is 3.60. The lowest BCUT2D eigenvalue weighted by Crippen LogP contribution is -2.39. The van der Waals surface area contributed by atoms with Crippen molar-refractivity contribution in [3.05, 3.63) is 23.8 Å². The van der Waals surface area contributed by atoms with Gasteiger partial charge in [0.2, 0.25) is 5.91 Å². The molecule has 2 unspecified atom stereocenters. The number of halogens is 3. The van der Waals surface area contributed by atoms with E-state index in [2.05, 4.69) is 10.1 Å². The van der Waals surface area contributed by atoms with Gasteiger partial charge >= 0.3 is 6.61 Å². The van der Waals surface area contributed by atoms with E-state index in [4.69, 9.17) is 4.74 Å². The summed E-state index contributed by atoms with van der Waals surface area (Å²) in [4.78, 5) is 14.3. The Morgan fingerprint density at radius 3 is 2.54 bits per heavy atom. The van der Waals surface area contributed by atoms with Crippen molar-refractivity contribution in [2.45, 2.75) is 64.3 Å². The first-order valence-electron chi connectivity index (χ1n) is 9.65. The van der Waals surface area contributed by atoms with Crippen molar-refractivity contribution < 1.29 is 23.0 Å². The smallest absolute Gasteiger partial charge is 0.387 e. The van der Waals surface area contributed by atoms with Crippen LogP contribution in [-0.4, -0.2) is 43.2 Å². The van der Waals surface area contributed by atoms with Crippen molar-refractivity contribution >= 4 is 18.3 Å². The number of hydrogen-bond donors (Lipinski definition) is 1. The molecule has 1 aromatic carbocycles. The Hall–Kier alpha value is -1.60. The number of alkyl halides is 2. The van der Waals surface area contributed by atoms with Gasteiger partial charge in [-0.25, -0.2) is 0 Å². The molecule has 158 valence electrons. The van der Waals surface area contributed by atoms with E-state index in [-0.39, 0.29) is 29.8 Å². The van der Waals surface area contributed by atoms with Gasteiger partial charge in [-0.1, -0.05) is 6.07 Å². The van der Waals surface area contributed by atoms with Gasteiger partial charge in [0.05, 0.1) is 6.61 Å². The molecule has 2 atom stereocenters. The molecule has 3 rings (SSSR count). The van der Waals surface area contributed by atoms with Gasteiger partial charge in [-0.15, -0.1) is 12.4 Å². The maximum absolute atomic E-state index is 12.6. The standard InChI is InChI=1S/C20H28F2N2O3.ClH/c1-3-26-18-10-13(4-7-17(18)27-20(21)22)12-24(2)19(25)11-14-8-15-5-6-16(9-14)23-15;/h4,7,10,14-16,20,23H,3,5-6,8-9,11-12H2,1-2H3;1H. The molecule has 0 radical (unpaired) electrons. The van der Waals surface area contributed by atoms with E-state index in [0.29, 0.717) is 37.6 Å². The molecule has 0 saturated carbocycles. The highest BCUT2D eigenvalue weighted by Gasteiger charge is 2.34. The Balaban J connectivity index is 0.00000280. The third-order valence-corrected chi connectivity index (χ3v) is 5.40. The Labute approximate surface area is 171 Å². The van der Waals surface area contributed by atoms with Gasteiger partial charge in [0.15, 0.2) is 11.5 Å². The molecule has 2 heterocycles. The van der Waals surface area contributed by atoms with E-state index in [1.807, 2.05) is 0 Å². The van der Waals surface area contributed by atoms with Crippen LogP contribution in [-0.2, 0) is 11.3 Å². The van der Waals surface area contributed by atoms with Gasteiger partial charge < -0.3 is 19.7 Å². The second-order valence-electron chi connectivity index (χ2n) is 7.52. The first kappa shape index (κ1) is 22.7. The van der Waals surface area contributed by atoms with Crippen LogP contribution in [0.3, 0.4) is 0 Å². The van der Waals surface area contributed by atoms with Gasteiger partial charge in [-0.3, -0.25) is 4.79 Å². The lowest BCUT2D eigenvalue weighted by Gasteiger charge is -2.30. The van der Waals surface area contributed by atoms with Gasteiger partial charge in [-0.05, 0) is 56.2 Å². The highest BCUT2D eigenvalue weighted by atomic mass is 35.5. The molecule has 0 spiro atoms. The van der Waals surface area contributed by atoms with Crippen LogP contribution >= 0.6 is 12.4 Å². The first-order valence-corrected chi connectivity index (χ1v) is 9.65. The molecule has 2 fully saturated rings. The SMILES string of the molecule is CCOc1cc(CN(C)C(=O)CC2CC3CCC(C2)N3)ccc1OC(F)F.Cl. The molecule has 2 aliphatic heterocycles. The summed E-state index contributed by atoms with van der Waals surface area (Å²) in [6.07, 6.45) is 5.15. The zero-order chi connectivity index (χ0) is 19.4. The number of ether oxygens (including phenoxy) is 2. The van der Waals surface area contributed by atoms with Crippen LogP contribution in [0.1, 0.15) is 44.6 Å². The monoisotopic (exact) mass is 418 g/mol. The topological polar surface area (TPSA) is 50.8 Å².